The molecule has 154 valence electrons. The minimum absolute atomic E-state index is 0.0320. The number of aromatic nitrogens is 1. The Kier molecular flexibility index (Phi) is 6.17. The molecule has 0 aliphatic carbocycles. The largest absolute Gasteiger partial charge is 0.419 e. The number of aromatic amines is 1. The second-order valence-corrected chi connectivity index (χ2v) is 7.06. The monoisotopic (exact) mass is 408 g/mol. The average Bonchev–Trinajstić information content (AvgIpc) is 2.68. The van der Waals surface area contributed by atoms with Gasteiger partial charge in [0.2, 0.25) is 0 Å². The van der Waals surface area contributed by atoms with Crippen molar-refractivity contribution < 1.29 is 32.6 Å². The second kappa shape index (κ2) is 8.60. The summed E-state index contributed by atoms with van der Waals surface area (Å²) in [7, 11) is 0. The molecule has 0 saturated carbocycles. The Bertz CT molecular complexity index is 859. The van der Waals surface area contributed by atoms with E-state index < -0.39 is 11.7 Å². The van der Waals surface area contributed by atoms with E-state index in [2.05, 4.69) is 10.3 Å². The maximum absolute atomic E-state index is 12.7. The van der Waals surface area contributed by atoms with Gasteiger partial charge in [0.25, 0.3) is 11.7 Å². The zero-order chi connectivity index (χ0) is 21.0. The van der Waals surface area contributed by atoms with Crippen LogP contribution in [0.15, 0.2) is 42.6 Å². The summed E-state index contributed by atoms with van der Waals surface area (Å²) in [4.78, 5) is 29.3. The molecule has 1 aromatic carbocycles. The topological polar surface area (TPSA) is 68.0 Å². The van der Waals surface area contributed by atoms with Crippen LogP contribution in [0.5, 0.6) is 0 Å². The molecule has 1 aromatic heterocycles. The molecule has 3 N–H and O–H groups in total. The molecular formula is C20H23F3N4O2+2. The molecule has 1 fully saturated rings. The number of pyridine rings is 1. The number of halogens is 3. The predicted molar refractivity (Wildman–Crippen MR) is 101 cm³/mol. The summed E-state index contributed by atoms with van der Waals surface area (Å²) in [5, 5.41) is 2.82. The molecule has 1 amide bonds. The van der Waals surface area contributed by atoms with Crippen molar-refractivity contribution >= 4 is 23.2 Å². The van der Waals surface area contributed by atoms with Crippen LogP contribution in [0.25, 0.3) is 0 Å². The molecule has 2 heterocycles. The lowest BCUT2D eigenvalue weighted by Crippen LogP contribution is -3.15. The Morgan fingerprint density at radius 1 is 1.10 bits per heavy atom. The third kappa shape index (κ3) is 5.54. The summed E-state index contributed by atoms with van der Waals surface area (Å²) in [5.41, 5.74) is 0.515. The number of benzene rings is 1. The highest BCUT2D eigenvalue weighted by Gasteiger charge is 2.33. The molecular weight excluding hydrogens is 385 g/mol. The number of anilines is 2. The summed E-state index contributed by atoms with van der Waals surface area (Å²) in [6.45, 7) is 4.46. The zero-order valence-corrected chi connectivity index (χ0v) is 16.0. The Morgan fingerprint density at radius 3 is 2.28 bits per heavy atom. The molecule has 9 heteroatoms. The minimum Gasteiger partial charge on any atom is -0.321 e. The van der Waals surface area contributed by atoms with Crippen molar-refractivity contribution in [3.8, 4) is 0 Å². The highest BCUT2D eigenvalue weighted by Crippen LogP contribution is 2.28. The van der Waals surface area contributed by atoms with Crippen molar-refractivity contribution in [2.75, 3.05) is 42.9 Å². The standard InChI is InChI=1S/C20H21F3N4O2/c1-14(28)15-2-5-17(6-3-15)25-19(29)13-26-8-10-27(11-9-26)18-7-4-16(12-24-18)20(21,22)23/h2-7,12H,8-11,13H2,1H3,(H,25,29)/p+2. The van der Waals surface area contributed by atoms with Crippen LogP contribution in [0.2, 0.25) is 0 Å². The Hall–Kier alpha value is -2.94. The number of ketones is 1. The van der Waals surface area contributed by atoms with Crippen molar-refractivity contribution in [3.63, 3.8) is 0 Å². The van der Waals surface area contributed by atoms with E-state index in [1.807, 2.05) is 4.90 Å². The molecule has 2 aromatic rings. The van der Waals surface area contributed by atoms with Crippen molar-refractivity contribution in [2.24, 2.45) is 0 Å². The van der Waals surface area contributed by atoms with Gasteiger partial charge in [-0.3, -0.25) is 14.5 Å². The van der Waals surface area contributed by atoms with E-state index in [1.165, 1.54) is 13.0 Å². The van der Waals surface area contributed by atoms with Crippen LogP contribution in [-0.2, 0) is 11.0 Å². The van der Waals surface area contributed by atoms with Gasteiger partial charge in [0.1, 0.15) is 32.4 Å². The third-order valence-electron chi connectivity index (χ3n) is 4.92. The number of Topliss-reactive ketones (excluding diaryl/α,β-unsaturated/α-hetero) is 1. The van der Waals surface area contributed by atoms with Gasteiger partial charge in [0.05, 0.1) is 5.56 Å². The van der Waals surface area contributed by atoms with Crippen LogP contribution in [0.1, 0.15) is 22.8 Å². The third-order valence-corrected chi connectivity index (χ3v) is 4.92. The summed E-state index contributed by atoms with van der Waals surface area (Å²) < 4.78 is 38.0. The number of nitrogens with one attached hydrogen (secondary N) is 3. The summed E-state index contributed by atoms with van der Waals surface area (Å²) in [6.07, 6.45) is -3.39. The van der Waals surface area contributed by atoms with Gasteiger partial charge in [0, 0.05) is 17.3 Å². The first kappa shape index (κ1) is 20.8. The van der Waals surface area contributed by atoms with Crippen LogP contribution in [0.4, 0.5) is 24.7 Å². The van der Waals surface area contributed by atoms with Gasteiger partial charge in [0.15, 0.2) is 12.3 Å². The van der Waals surface area contributed by atoms with Gasteiger partial charge in [-0.2, -0.15) is 13.2 Å². The summed E-state index contributed by atoms with van der Waals surface area (Å²) in [5.74, 6) is 0.479. The second-order valence-electron chi connectivity index (χ2n) is 7.06. The first-order valence-corrected chi connectivity index (χ1v) is 9.30. The molecule has 3 rings (SSSR count). The Balaban J connectivity index is 1.48. The van der Waals surface area contributed by atoms with Crippen LogP contribution in [0.3, 0.4) is 0 Å². The minimum atomic E-state index is -4.36. The maximum Gasteiger partial charge on any atom is 0.419 e. The van der Waals surface area contributed by atoms with Gasteiger partial charge in [-0.15, -0.1) is 0 Å². The molecule has 29 heavy (non-hydrogen) atoms. The van der Waals surface area contributed by atoms with Gasteiger partial charge in [-0.25, -0.2) is 4.98 Å². The molecule has 6 nitrogen and oxygen atoms in total. The number of nitrogens with zero attached hydrogens (tertiary/aromatic N) is 1. The maximum atomic E-state index is 12.7. The summed E-state index contributed by atoms with van der Waals surface area (Å²) >= 11 is 0. The van der Waals surface area contributed by atoms with Gasteiger partial charge in [-0.05, 0) is 37.3 Å². The molecule has 1 aliphatic heterocycles. The first-order chi connectivity index (χ1) is 13.7. The van der Waals surface area contributed by atoms with Gasteiger partial charge in [-0.1, -0.05) is 0 Å². The number of H-pyrrole nitrogens is 1. The van der Waals surface area contributed by atoms with E-state index >= 15 is 0 Å². The highest BCUT2D eigenvalue weighted by molar-refractivity contribution is 5.95. The summed E-state index contributed by atoms with van der Waals surface area (Å²) in [6, 6.07) is 9.24. The highest BCUT2D eigenvalue weighted by atomic mass is 19.4. The average molecular weight is 408 g/mol. The van der Waals surface area contributed by atoms with Gasteiger partial charge < -0.3 is 10.2 Å². The Morgan fingerprint density at radius 2 is 1.76 bits per heavy atom. The normalized spacial score (nSPS) is 15.2. The number of alkyl halides is 3. The molecule has 0 unspecified atom stereocenters. The molecule has 1 aliphatic rings. The van der Waals surface area contributed by atoms with Gasteiger partial charge >= 0.3 is 6.18 Å². The molecule has 1 saturated heterocycles. The van der Waals surface area contributed by atoms with Crippen molar-refractivity contribution in [1.82, 2.24) is 0 Å². The Labute approximate surface area is 166 Å². The number of quaternary nitrogens is 1. The van der Waals surface area contributed by atoms with E-state index in [1.54, 1.807) is 24.3 Å². The fraction of sp³-hybridized carbons (Fsp3) is 0.350. The molecule has 0 bridgehead atoms. The van der Waals surface area contributed by atoms with Crippen LogP contribution < -0.4 is 20.1 Å². The lowest BCUT2D eigenvalue weighted by Gasteiger charge is -2.28. The smallest absolute Gasteiger partial charge is 0.321 e. The number of carbonyl (C=O) groups is 2. The van der Waals surface area contributed by atoms with Crippen LogP contribution in [0, 0.1) is 0 Å². The van der Waals surface area contributed by atoms with E-state index in [0.29, 0.717) is 49.8 Å². The van der Waals surface area contributed by atoms with Crippen LogP contribution in [-0.4, -0.2) is 44.4 Å². The van der Waals surface area contributed by atoms with E-state index in [0.717, 1.165) is 17.2 Å². The van der Waals surface area contributed by atoms with Crippen LogP contribution >= 0.6 is 0 Å². The fourth-order valence-electron chi connectivity index (χ4n) is 3.25. The van der Waals surface area contributed by atoms with Crippen molar-refractivity contribution in [2.45, 2.75) is 13.1 Å². The first-order valence-electron chi connectivity index (χ1n) is 9.30. The van der Waals surface area contributed by atoms with E-state index in [-0.39, 0.29) is 11.7 Å². The number of piperazine rings is 1. The number of rotatable bonds is 5. The quantitative estimate of drug-likeness (QED) is 0.728. The zero-order valence-electron chi connectivity index (χ0n) is 16.0. The number of amides is 1. The van der Waals surface area contributed by atoms with E-state index in [9.17, 15) is 22.8 Å². The molecule has 0 atom stereocenters. The molecule has 0 spiro atoms. The number of carbonyl (C=O) groups excluding carboxylic acids is 2. The predicted octanol–water partition coefficient (Wildman–Crippen LogP) is 1.07. The SMILES string of the molecule is CC(=O)c1ccc(NC(=O)C[NH+]2CCN(c3ccc(C(F)(F)F)c[nH+]3)CC2)cc1. The molecule has 0 radical (unpaired) electrons. The van der Waals surface area contributed by atoms with E-state index in [4.69, 9.17) is 0 Å². The van der Waals surface area contributed by atoms with Crippen molar-refractivity contribution in [1.29, 1.82) is 0 Å². The lowest BCUT2D eigenvalue weighted by molar-refractivity contribution is -0.892. The number of hydrogen-bond donors (Lipinski definition) is 2. The number of hydrogen-bond acceptors (Lipinski definition) is 3. The van der Waals surface area contributed by atoms with Crippen molar-refractivity contribution in [3.05, 3.63) is 53.7 Å². The lowest BCUT2D eigenvalue weighted by atomic mass is 10.1. The fourth-order valence-corrected chi connectivity index (χ4v) is 3.25.